The van der Waals surface area contributed by atoms with E-state index in [-0.39, 0.29) is 12.0 Å². The van der Waals surface area contributed by atoms with Gasteiger partial charge >= 0.3 is 0 Å². The van der Waals surface area contributed by atoms with Gasteiger partial charge in [-0.25, -0.2) is 0 Å². The third kappa shape index (κ3) is 6.79. The molecule has 33 heavy (non-hydrogen) atoms. The highest BCUT2D eigenvalue weighted by atomic mass is 16.5. The standard InChI is InChI=1S/C26H35N5O2/c1-27-26(31-14-12-30(13-15-31)20-21-7-3-2-4-8-21)29-18-22-9-5-10-23(17-22)25(32)28-19-24-11-6-16-33-24/h2-5,7-10,17,24H,6,11-16,18-20H2,1H3,(H,27,29)(H,28,32). The van der Waals surface area contributed by atoms with Gasteiger partial charge in [-0.1, -0.05) is 42.5 Å². The predicted molar refractivity (Wildman–Crippen MR) is 131 cm³/mol. The Balaban J connectivity index is 1.24. The van der Waals surface area contributed by atoms with Gasteiger partial charge in [0.1, 0.15) is 0 Å². The van der Waals surface area contributed by atoms with Crippen molar-refractivity contribution in [2.24, 2.45) is 4.99 Å². The Kier molecular flexibility index (Phi) is 8.33. The number of amides is 1. The monoisotopic (exact) mass is 449 g/mol. The highest BCUT2D eigenvalue weighted by molar-refractivity contribution is 5.94. The summed E-state index contributed by atoms with van der Waals surface area (Å²) in [5.41, 5.74) is 3.09. The van der Waals surface area contributed by atoms with Crippen LogP contribution in [-0.2, 0) is 17.8 Å². The lowest BCUT2D eigenvalue weighted by Gasteiger charge is -2.36. The number of aliphatic imine (C=N–C) groups is 1. The second-order valence-electron chi connectivity index (χ2n) is 8.69. The van der Waals surface area contributed by atoms with Crippen LogP contribution in [0.4, 0.5) is 0 Å². The van der Waals surface area contributed by atoms with E-state index in [1.807, 2.05) is 31.3 Å². The first kappa shape index (κ1) is 23.3. The van der Waals surface area contributed by atoms with Crippen LogP contribution in [0.5, 0.6) is 0 Å². The largest absolute Gasteiger partial charge is 0.376 e. The van der Waals surface area contributed by atoms with E-state index in [9.17, 15) is 4.79 Å². The number of hydrogen-bond donors (Lipinski definition) is 2. The lowest BCUT2D eigenvalue weighted by atomic mass is 10.1. The van der Waals surface area contributed by atoms with Crippen LogP contribution in [0.2, 0.25) is 0 Å². The number of hydrogen-bond acceptors (Lipinski definition) is 4. The van der Waals surface area contributed by atoms with Crippen LogP contribution in [0.15, 0.2) is 59.6 Å². The molecular formula is C26H35N5O2. The minimum atomic E-state index is -0.0497. The van der Waals surface area contributed by atoms with Crippen molar-refractivity contribution in [1.29, 1.82) is 0 Å². The smallest absolute Gasteiger partial charge is 0.251 e. The Bertz CT molecular complexity index is 919. The van der Waals surface area contributed by atoms with Crippen molar-refractivity contribution < 1.29 is 9.53 Å². The molecule has 2 aromatic carbocycles. The van der Waals surface area contributed by atoms with Crippen molar-refractivity contribution in [1.82, 2.24) is 20.4 Å². The molecule has 1 atom stereocenters. The van der Waals surface area contributed by atoms with Crippen molar-refractivity contribution in [3.05, 3.63) is 71.3 Å². The van der Waals surface area contributed by atoms with Gasteiger partial charge in [-0.3, -0.25) is 14.7 Å². The molecule has 0 aliphatic carbocycles. The number of carbonyl (C=O) groups excluding carboxylic acids is 1. The van der Waals surface area contributed by atoms with E-state index in [2.05, 4.69) is 55.8 Å². The van der Waals surface area contributed by atoms with Crippen LogP contribution in [-0.4, -0.2) is 74.1 Å². The summed E-state index contributed by atoms with van der Waals surface area (Å²) in [6.45, 7) is 6.89. The lowest BCUT2D eigenvalue weighted by Crippen LogP contribution is -2.52. The Morgan fingerprint density at radius 1 is 1.03 bits per heavy atom. The van der Waals surface area contributed by atoms with Gasteiger partial charge in [0.25, 0.3) is 5.91 Å². The molecule has 0 bridgehead atoms. The zero-order valence-electron chi connectivity index (χ0n) is 19.5. The van der Waals surface area contributed by atoms with Crippen LogP contribution >= 0.6 is 0 Å². The predicted octanol–water partition coefficient (Wildman–Crippen LogP) is 2.49. The Morgan fingerprint density at radius 3 is 2.55 bits per heavy atom. The summed E-state index contributed by atoms with van der Waals surface area (Å²) in [5, 5.41) is 6.46. The molecule has 2 aromatic rings. The second kappa shape index (κ2) is 11.8. The average molecular weight is 450 g/mol. The van der Waals surface area contributed by atoms with E-state index in [0.717, 1.165) is 63.7 Å². The van der Waals surface area contributed by atoms with Crippen LogP contribution in [0.25, 0.3) is 0 Å². The summed E-state index contributed by atoms with van der Waals surface area (Å²) in [6, 6.07) is 18.4. The molecule has 2 saturated heterocycles. The number of rotatable bonds is 7. The van der Waals surface area contributed by atoms with Gasteiger partial charge in [-0.05, 0) is 36.1 Å². The topological polar surface area (TPSA) is 69.2 Å². The number of carbonyl (C=O) groups is 1. The molecule has 176 valence electrons. The van der Waals surface area contributed by atoms with Crippen molar-refractivity contribution in [2.75, 3.05) is 46.4 Å². The number of piperazine rings is 1. The molecule has 2 heterocycles. The molecule has 2 aliphatic rings. The SMILES string of the molecule is CN=C(NCc1cccc(C(=O)NCC2CCCO2)c1)N1CCN(Cc2ccccc2)CC1. The van der Waals surface area contributed by atoms with Gasteiger partial charge in [-0.15, -0.1) is 0 Å². The fourth-order valence-electron chi connectivity index (χ4n) is 4.41. The molecule has 1 amide bonds. The van der Waals surface area contributed by atoms with E-state index < -0.39 is 0 Å². The molecule has 0 aromatic heterocycles. The van der Waals surface area contributed by atoms with Crippen LogP contribution in [0.1, 0.15) is 34.3 Å². The molecule has 0 spiro atoms. The minimum absolute atomic E-state index is 0.0497. The zero-order valence-corrected chi connectivity index (χ0v) is 19.5. The van der Waals surface area contributed by atoms with E-state index >= 15 is 0 Å². The first-order valence-electron chi connectivity index (χ1n) is 11.9. The molecule has 2 aliphatic heterocycles. The molecule has 7 nitrogen and oxygen atoms in total. The van der Waals surface area contributed by atoms with E-state index in [0.29, 0.717) is 18.7 Å². The first-order valence-corrected chi connectivity index (χ1v) is 11.9. The first-order chi connectivity index (χ1) is 16.2. The van der Waals surface area contributed by atoms with Gasteiger partial charge in [0.05, 0.1) is 6.10 Å². The van der Waals surface area contributed by atoms with E-state index in [1.165, 1.54) is 5.56 Å². The van der Waals surface area contributed by atoms with E-state index in [4.69, 9.17) is 4.74 Å². The molecular weight excluding hydrogens is 414 g/mol. The average Bonchev–Trinajstić information content (AvgIpc) is 3.38. The summed E-state index contributed by atoms with van der Waals surface area (Å²) < 4.78 is 5.59. The zero-order chi connectivity index (χ0) is 22.9. The molecule has 2 fully saturated rings. The maximum atomic E-state index is 12.5. The molecule has 4 rings (SSSR count). The van der Waals surface area contributed by atoms with Gasteiger partial charge in [0.15, 0.2) is 5.96 Å². The number of guanidine groups is 1. The Hall–Kier alpha value is -2.90. The summed E-state index contributed by atoms with van der Waals surface area (Å²) >= 11 is 0. The fraction of sp³-hybridized carbons (Fsp3) is 0.462. The van der Waals surface area contributed by atoms with E-state index in [1.54, 1.807) is 0 Å². The van der Waals surface area contributed by atoms with Crippen LogP contribution in [0.3, 0.4) is 0 Å². The third-order valence-corrected chi connectivity index (χ3v) is 6.29. The minimum Gasteiger partial charge on any atom is -0.376 e. The Labute approximate surface area is 196 Å². The van der Waals surface area contributed by atoms with Crippen molar-refractivity contribution >= 4 is 11.9 Å². The molecule has 0 saturated carbocycles. The summed E-state index contributed by atoms with van der Waals surface area (Å²) in [7, 11) is 1.83. The van der Waals surface area contributed by atoms with Gasteiger partial charge in [0.2, 0.25) is 0 Å². The Morgan fingerprint density at radius 2 is 1.82 bits per heavy atom. The highest BCUT2D eigenvalue weighted by Gasteiger charge is 2.20. The quantitative estimate of drug-likeness (QED) is 0.502. The van der Waals surface area contributed by atoms with Gasteiger partial charge in [-0.2, -0.15) is 0 Å². The number of nitrogens with one attached hydrogen (secondary N) is 2. The highest BCUT2D eigenvalue weighted by Crippen LogP contribution is 2.12. The molecule has 0 radical (unpaired) electrons. The fourth-order valence-corrected chi connectivity index (χ4v) is 4.41. The third-order valence-electron chi connectivity index (χ3n) is 6.29. The van der Waals surface area contributed by atoms with Crippen LogP contribution < -0.4 is 10.6 Å². The summed E-state index contributed by atoms with van der Waals surface area (Å²) in [6.07, 6.45) is 2.24. The second-order valence-corrected chi connectivity index (χ2v) is 8.69. The molecule has 2 N–H and O–H groups in total. The maximum Gasteiger partial charge on any atom is 0.251 e. The van der Waals surface area contributed by atoms with Crippen LogP contribution in [0, 0.1) is 0 Å². The molecule has 7 heteroatoms. The normalized spacial score (nSPS) is 19.5. The number of benzene rings is 2. The number of nitrogens with zero attached hydrogens (tertiary/aromatic N) is 3. The molecule has 1 unspecified atom stereocenters. The van der Waals surface area contributed by atoms with Crippen molar-refractivity contribution in [3.8, 4) is 0 Å². The maximum absolute atomic E-state index is 12.5. The lowest BCUT2D eigenvalue weighted by molar-refractivity contribution is 0.0857. The van der Waals surface area contributed by atoms with Gasteiger partial charge in [0, 0.05) is 65.0 Å². The van der Waals surface area contributed by atoms with Crippen molar-refractivity contribution in [2.45, 2.75) is 32.0 Å². The number of ether oxygens (including phenoxy) is 1. The summed E-state index contributed by atoms with van der Waals surface area (Å²) in [5.74, 6) is 0.855. The van der Waals surface area contributed by atoms with Gasteiger partial charge < -0.3 is 20.3 Å². The summed E-state index contributed by atoms with van der Waals surface area (Å²) in [4.78, 5) is 21.8. The van der Waals surface area contributed by atoms with Crippen molar-refractivity contribution in [3.63, 3.8) is 0 Å².